The van der Waals surface area contributed by atoms with E-state index in [-0.39, 0.29) is 6.61 Å². The highest BCUT2D eigenvalue weighted by atomic mass is 16.2. The van der Waals surface area contributed by atoms with E-state index in [0.717, 1.165) is 39.8 Å². The quantitative estimate of drug-likeness (QED) is 0.758. The smallest absolute Gasteiger partial charge is 0.222 e. The van der Waals surface area contributed by atoms with Crippen LogP contribution in [0.1, 0.15) is 18.1 Å². The zero-order valence-corrected chi connectivity index (χ0v) is 13.4. The molecule has 2 heterocycles. The van der Waals surface area contributed by atoms with Crippen molar-refractivity contribution in [2.24, 2.45) is 0 Å². The summed E-state index contributed by atoms with van der Waals surface area (Å²) < 4.78 is 0. The maximum Gasteiger partial charge on any atom is 0.222 e. The second-order valence-electron chi connectivity index (χ2n) is 5.44. The number of aliphatic hydroxyl groups excluding tert-OH is 1. The average molecular weight is 308 g/mol. The highest BCUT2D eigenvalue weighted by Gasteiger charge is 2.09. The molecule has 0 unspecified atom stereocenters. The van der Waals surface area contributed by atoms with Crippen LogP contribution in [0, 0.1) is 6.92 Å². The van der Waals surface area contributed by atoms with Crippen LogP contribution in [0.5, 0.6) is 0 Å². The molecule has 0 saturated heterocycles. The Bertz CT molecular complexity index is 815. The monoisotopic (exact) mass is 308 g/mol. The molecule has 0 aliphatic heterocycles. The van der Waals surface area contributed by atoms with Gasteiger partial charge in [-0.05, 0) is 37.5 Å². The molecule has 0 bridgehead atoms. The van der Waals surface area contributed by atoms with Crippen LogP contribution in [0.15, 0.2) is 36.7 Å². The Kier molecular flexibility index (Phi) is 4.48. The lowest BCUT2D eigenvalue weighted by Crippen LogP contribution is -2.02. The molecule has 0 aliphatic carbocycles. The van der Waals surface area contributed by atoms with Gasteiger partial charge in [0.2, 0.25) is 5.95 Å². The number of rotatable bonds is 5. The molecule has 0 fully saturated rings. The van der Waals surface area contributed by atoms with Gasteiger partial charge in [-0.25, -0.2) is 15.0 Å². The molecule has 0 atom stereocenters. The molecule has 3 aromatic rings. The number of pyridine rings is 1. The minimum Gasteiger partial charge on any atom is -0.396 e. The fourth-order valence-corrected chi connectivity index (χ4v) is 2.66. The molecule has 0 amide bonds. The van der Waals surface area contributed by atoms with E-state index in [2.05, 4.69) is 34.3 Å². The number of fused-ring (bicyclic) bond motifs is 1. The van der Waals surface area contributed by atoms with Gasteiger partial charge in [0, 0.05) is 36.5 Å². The summed E-state index contributed by atoms with van der Waals surface area (Å²) in [5, 5.41) is 13.5. The Morgan fingerprint density at radius 2 is 1.96 bits per heavy atom. The molecule has 1 aromatic carbocycles. The lowest BCUT2D eigenvalue weighted by Gasteiger charge is -2.10. The normalized spacial score (nSPS) is 10.9. The number of para-hydroxylation sites is 1. The van der Waals surface area contributed by atoms with E-state index in [9.17, 15) is 5.11 Å². The predicted molar refractivity (Wildman–Crippen MR) is 92.5 cm³/mol. The van der Waals surface area contributed by atoms with Crippen LogP contribution in [0.4, 0.5) is 5.95 Å². The van der Waals surface area contributed by atoms with Gasteiger partial charge in [0.05, 0.1) is 11.2 Å². The second kappa shape index (κ2) is 6.71. The van der Waals surface area contributed by atoms with Gasteiger partial charge in [-0.15, -0.1) is 0 Å². The highest BCUT2D eigenvalue weighted by molar-refractivity contribution is 5.87. The standard InChI is InChI=1S/C18H20N4O/c1-3-19-18-20-10-14(11-21-18)16-9-12(2)15-6-4-5-13(7-8-23)17(15)22-16/h4-6,9-11,23H,3,7-8H2,1-2H3,(H,19,20,21). The van der Waals surface area contributed by atoms with Crippen molar-refractivity contribution in [3.05, 3.63) is 47.8 Å². The van der Waals surface area contributed by atoms with Crippen molar-refractivity contribution >= 4 is 16.9 Å². The van der Waals surface area contributed by atoms with Gasteiger partial charge in [0.25, 0.3) is 0 Å². The first-order chi connectivity index (χ1) is 11.2. The minimum atomic E-state index is 0.116. The van der Waals surface area contributed by atoms with E-state index in [1.54, 1.807) is 12.4 Å². The third kappa shape index (κ3) is 3.14. The zero-order chi connectivity index (χ0) is 16.2. The fraction of sp³-hybridized carbons (Fsp3) is 0.278. The first-order valence-electron chi connectivity index (χ1n) is 7.79. The van der Waals surface area contributed by atoms with Crippen molar-refractivity contribution in [1.82, 2.24) is 15.0 Å². The predicted octanol–water partition coefficient (Wildman–Crippen LogP) is 2.97. The molecular weight excluding hydrogens is 288 g/mol. The molecule has 2 N–H and O–H groups in total. The molecule has 5 nitrogen and oxygen atoms in total. The molecule has 0 spiro atoms. The number of anilines is 1. The van der Waals surface area contributed by atoms with E-state index in [1.165, 1.54) is 0 Å². The Morgan fingerprint density at radius 1 is 1.17 bits per heavy atom. The number of hydrogen-bond donors (Lipinski definition) is 2. The van der Waals surface area contributed by atoms with Gasteiger partial charge in [-0.1, -0.05) is 18.2 Å². The van der Waals surface area contributed by atoms with Gasteiger partial charge >= 0.3 is 0 Å². The van der Waals surface area contributed by atoms with Crippen LogP contribution in [-0.4, -0.2) is 33.2 Å². The average Bonchev–Trinajstić information content (AvgIpc) is 2.57. The van der Waals surface area contributed by atoms with Crippen LogP contribution in [0.3, 0.4) is 0 Å². The van der Waals surface area contributed by atoms with Gasteiger partial charge in [0.15, 0.2) is 0 Å². The molecule has 0 aliphatic rings. The number of nitrogens with one attached hydrogen (secondary N) is 1. The maximum atomic E-state index is 9.26. The minimum absolute atomic E-state index is 0.116. The molecule has 5 heteroatoms. The zero-order valence-electron chi connectivity index (χ0n) is 13.4. The van der Waals surface area contributed by atoms with E-state index in [1.807, 2.05) is 19.1 Å². The summed E-state index contributed by atoms with van der Waals surface area (Å²) in [6, 6.07) is 8.14. The number of benzene rings is 1. The molecular formula is C18H20N4O. The summed E-state index contributed by atoms with van der Waals surface area (Å²) in [6.07, 6.45) is 4.17. The van der Waals surface area contributed by atoms with Gasteiger partial charge in [0.1, 0.15) is 0 Å². The van der Waals surface area contributed by atoms with Crippen molar-refractivity contribution in [3.63, 3.8) is 0 Å². The number of hydrogen-bond acceptors (Lipinski definition) is 5. The van der Waals surface area contributed by atoms with Gasteiger partial charge in [-0.3, -0.25) is 0 Å². The largest absolute Gasteiger partial charge is 0.396 e. The second-order valence-corrected chi connectivity index (χ2v) is 5.44. The van der Waals surface area contributed by atoms with E-state index >= 15 is 0 Å². The topological polar surface area (TPSA) is 70.9 Å². The van der Waals surface area contributed by atoms with Crippen molar-refractivity contribution < 1.29 is 5.11 Å². The van der Waals surface area contributed by atoms with Gasteiger partial charge < -0.3 is 10.4 Å². The summed E-state index contributed by atoms with van der Waals surface area (Å²) in [4.78, 5) is 13.4. The summed E-state index contributed by atoms with van der Waals surface area (Å²) in [6.45, 7) is 4.99. The first-order valence-corrected chi connectivity index (χ1v) is 7.79. The van der Waals surface area contributed by atoms with Crippen LogP contribution < -0.4 is 5.32 Å². The molecule has 23 heavy (non-hydrogen) atoms. The number of aryl methyl sites for hydroxylation is 1. The Hall–Kier alpha value is -2.53. The number of aromatic nitrogens is 3. The van der Waals surface area contributed by atoms with Crippen molar-refractivity contribution in [3.8, 4) is 11.3 Å². The van der Waals surface area contributed by atoms with Crippen molar-refractivity contribution in [1.29, 1.82) is 0 Å². The summed E-state index contributed by atoms with van der Waals surface area (Å²) in [7, 11) is 0. The Morgan fingerprint density at radius 3 is 2.65 bits per heavy atom. The van der Waals surface area contributed by atoms with Crippen molar-refractivity contribution in [2.45, 2.75) is 20.3 Å². The van der Waals surface area contributed by atoms with Gasteiger partial charge in [-0.2, -0.15) is 0 Å². The third-order valence-corrected chi connectivity index (χ3v) is 3.79. The van der Waals surface area contributed by atoms with Crippen molar-refractivity contribution in [2.75, 3.05) is 18.5 Å². The lowest BCUT2D eigenvalue weighted by atomic mass is 10.0. The fourth-order valence-electron chi connectivity index (χ4n) is 2.66. The molecule has 3 rings (SSSR count). The SMILES string of the molecule is CCNc1ncc(-c2cc(C)c3cccc(CCO)c3n2)cn1. The lowest BCUT2D eigenvalue weighted by molar-refractivity contribution is 0.300. The third-order valence-electron chi connectivity index (χ3n) is 3.79. The summed E-state index contributed by atoms with van der Waals surface area (Å²) in [5.74, 6) is 0.620. The molecule has 0 radical (unpaired) electrons. The van der Waals surface area contributed by atoms with E-state index < -0.39 is 0 Å². The number of nitrogens with zero attached hydrogens (tertiary/aromatic N) is 3. The Balaban J connectivity index is 2.09. The summed E-state index contributed by atoms with van der Waals surface area (Å²) in [5.41, 5.74) is 4.88. The van der Waals surface area contributed by atoms with Crippen LogP contribution in [0.25, 0.3) is 22.2 Å². The van der Waals surface area contributed by atoms with E-state index in [4.69, 9.17) is 4.98 Å². The van der Waals surface area contributed by atoms with Crippen LogP contribution >= 0.6 is 0 Å². The molecule has 0 saturated carbocycles. The first kappa shape index (κ1) is 15.4. The Labute approximate surface area is 135 Å². The highest BCUT2D eigenvalue weighted by Crippen LogP contribution is 2.26. The molecule has 118 valence electrons. The number of aliphatic hydroxyl groups is 1. The van der Waals surface area contributed by atoms with E-state index in [0.29, 0.717) is 12.4 Å². The van der Waals surface area contributed by atoms with Crippen LogP contribution in [-0.2, 0) is 6.42 Å². The summed E-state index contributed by atoms with van der Waals surface area (Å²) >= 11 is 0. The van der Waals surface area contributed by atoms with Crippen LogP contribution in [0.2, 0.25) is 0 Å². The maximum absolute atomic E-state index is 9.26. The molecule has 2 aromatic heterocycles.